The van der Waals surface area contributed by atoms with E-state index in [1.165, 1.54) is 37.7 Å². The molecule has 130 valence electrons. The third kappa shape index (κ3) is 4.17. The molecule has 0 saturated carbocycles. The summed E-state index contributed by atoms with van der Waals surface area (Å²) in [6.07, 6.45) is 0.157. The lowest BCUT2D eigenvalue weighted by Crippen LogP contribution is -2.44. The van der Waals surface area contributed by atoms with Gasteiger partial charge in [-0.15, -0.1) is 11.3 Å². The number of nitrogens with one attached hydrogen (secondary N) is 1. The summed E-state index contributed by atoms with van der Waals surface area (Å²) in [6, 6.07) is 5.79. The van der Waals surface area contributed by atoms with Gasteiger partial charge in [0, 0.05) is 19.8 Å². The highest BCUT2D eigenvalue weighted by Crippen LogP contribution is 2.28. The number of ether oxygens (including phenoxy) is 2. The van der Waals surface area contributed by atoms with Crippen molar-refractivity contribution in [2.24, 2.45) is 0 Å². The van der Waals surface area contributed by atoms with E-state index in [4.69, 9.17) is 9.47 Å². The van der Waals surface area contributed by atoms with Crippen molar-refractivity contribution in [1.29, 1.82) is 0 Å². The van der Waals surface area contributed by atoms with Crippen LogP contribution in [0.4, 0.5) is 4.39 Å². The molecule has 1 N–H and O–H groups in total. The van der Waals surface area contributed by atoms with E-state index in [0.717, 1.165) is 5.56 Å². The van der Waals surface area contributed by atoms with Gasteiger partial charge in [0.05, 0.1) is 11.7 Å². The number of nitrogens with zero attached hydrogens (tertiary/aromatic N) is 1. The molecule has 0 fully saturated rings. The van der Waals surface area contributed by atoms with Crippen LogP contribution >= 0.6 is 11.3 Å². The maximum atomic E-state index is 13.0. The van der Waals surface area contributed by atoms with E-state index in [1.54, 1.807) is 19.1 Å². The van der Waals surface area contributed by atoms with Gasteiger partial charge in [-0.1, -0.05) is 6.92 Å². The fourth-order valence-electron chi connectivity index (χ4n) is 2.34. The number of halogens is 1. The molecule has 1 amide bonds. The second-order valence-electron chi connectivity index (χ2n) is 5.27. The summed E-state index contributed by atoms with van der Waals surface area (Å²) in [4.78, 5) is 17.5. The SMILES string of the molecule is CC[C@H](NC(=O)c1sc(-c2ccc(F)cc2)nc1C)C(OC)OC. The van der Waals surface area contributed by atoms with Gasteiger partial charge in [0.15, 0.2) is 6.29 Å². The Balaban J connectivity index is 2.19. The molecule has 0 bridgehead atoms. The summed E-state index contributed by atoms with van der Waals surface area (Å²) in [5.74, 6) is -0.523. The standard InChI is InChI=1S/C17H21FN2O3S/c1-5-13(17(22-3)23-4)20-15(21)14-10(2)19-16(24-14)11-6-8-12(18)9-7-11/h6-9,13,17H,5H2,1-4H3,(H,20,21)/t13-/m0/s1. The smallest absolute Gasteiger partial charge is 0.263 e. The lowest BCUT2D eigenvalue weighted by atomic mass is 10.2. The molecule has 1 aromatic carbocycles. The van der Waals surface area contributed by atoms with Gasteiger partial charge in [-0.25, -0.2) is 9.37 Å². The maximum Gasteiger partial charge on any atom is 0.263 e. The van der Waals surface area contributed by atoms with Gasteiger partial charge < -0.3 is 14.8 Å². The average molecular weight is 352 g/mol. The number of carbonyl (C=O) groups excluding carboxylic acids is 1. The molecule has 1 heterocycles. The number of amides is 1. The van der Waals surface area contributed by atoms with E-state index in [2.05, 4.69) is 10.3 Å². The molecular weight excluding hydrogens is 331 g/mol. The zero-order valence-corrected chi connectivity index (χ0v) is 14.9. The van der Waals surface area contributed by atoms with E-state index in [0.29, 0.717) is 22.0 Å². The van der Waals surface area contributed by atoms with E-state index < -0.39 is 6.29 Å². The van der Waals surface area contributed by atoms with Crippen LogP contribution in [0.1, 0.15) is 28.7 Å². The highest BCUT2D eigenvalue weighted by Gasteiger charge is 2.24. The molecule has 0 aliphatic carbocycles. The average Bonchev–Trinajstić information content (AvgIpc) is 2.97. The second kappa shape index (κ2) is 8.32. The number of hydrogen-bond acceptors (Lipinski definition) is 5. The first-order valence-corrected chi connectivity index (χ1v) is 8.41. The Morgan fingerprint density at radius 1 is 1.29 bits per heavy atom. The Morgan fingerprint density at radius 2 is 1.92 bits per heavy atom. The van der Waals surface area contributed by atoms with Gasteiger partial charge in [0.1, 0.15) is 15.7 Å². The van der Waals surface area contributed by atoms with Gasteiger partial charge in [-0.05, 0) is 37.6 Å². The Labute approximate surface area is 144 Å². The minimum atomic E-state index is -0.510. The first-order chi connectivity index (χ1) is 11.5. The fraction of sp³-hybridized carbons (Fsp3) is 0.412. The maximum absolute atomic E-state index is 13.0. The van der Waals surface area contributed by atoms with E-state index in [1.807, 2.05) is 6.92 Å². The van der Waals surface area contributed by atoms with Gasteiger partial charge in [0.2, 0.25) is 0 Å². The number of aryl methyl sites for hydroxylation is 1. The molecule has 0 unspecified atom stereocenters. The van der Waals surface area contributed by atoms with Crippen LogP contribution < -0.4 is 5.32 Å². The molecule has 0 radical (unpaired) electrons. The third-order valence-electron chi connectivity index (χ3n) is 3.64. The number of aromatic nitrogens is 1. The Hall–Kier alpha value is -1.83. The highest BCUT2D eigenvalue weighted by atomic mass is 32.1. The van der Waals surface area contributed by atoms with Crippen LogP contribution in [-0.4, -0.2) is 37.4 Å². The summed E-state index contributed by atoms with van der Waals surface area (Å²) < 4.78 is 23.5. The zero-order valence-electron chi connectivity index (χ0n) is 14.1. The lowest BCUT2D eigenvalue weighted by molar-refractivity contribution is -0.121. The van der Waals surface area contributed by atoms with Crippen LogP contribution in [0.5, 0.6) is 0 Å². The van der Waals surface area contributed by atoms with Crippen LogP contribution in [0.15, 0.2) is 24.3 Å². The number of hydrogen-bond donors (Lipinski definition) is 1. The molecule has 1 aromatic heterocycles. The monoisotopic (exact) mass is 352 g/mol. The molecular formula is C17H21FN2O3S. The number of rotatable bonds is 7. The minimum absolute atomic E-state index is 0.218. The molecule has 2 aromatic rings. The number of thiazole rings is 1. The van der Waals surface area contributed by atoms with Gasteiger partial charge in [-0.3, -0.25) is 4.79 Å². The summed E-state index contributed by atoms with van der Waals surface area (Å²) >= 11 is 1.28. The normalized spacial score (nSPS) is 12.4. The van der Waals surface area contributed by atoms with Crippen molar-refractivity contribution < 1.29 is 18.7 Å². The van der Waals surface area contributed by atoms with Crippen molar-refractivity contribution in [2.75, 3.05) is 14.2 Å². The molecule has 2 rings (SSSR count). The van der Waals surface area contributed by atoms with Crippen molar-refractivity contribution in [3.8, 4) is 10.6 Å². The van der Waals surface area contributed by atoms with Crippen molar-refractivity contribution >= 4 is 17.2 Å². The summed E-state index contributed by atoms with van der Waals surface area (Å²) in [7, 11) is 3.07. The number of carbonyl (C=O) groups is 1. The van der Waals surface area contributed by atoms with Crippen LogP contribution in [0, 0.1) is 12.7 Å². The minimum Gasteiger partial charge on any atom is -0.354 e. The first kappa shape index (κ1) is 18.5. The topological polar surface area (TPSA) is 60.5 Å². The van der Waals surface area contributed by atoms with Crippen LogP contribution in [0.2, 0.25) is 0 Å². The van der Waals surface area contributed by atoms with Crippen LogP contribution in [0.3, 0.4) is 0 Å². The largest absolute Gasteiger partial charge is 0.354 e. The molecule has 1 atom stereocenters. The molecule has 7 heteroatoms. The van der Waals surface area contributed by atoms with E-state index in [9.17, 15) is 9.18 Å². The Morgan fingerprint density at radius 3 is 2.46 bits per heavy atom. The van der Waals surface area contributed by atoms with E-state index >= 15 is 0 Å². The molecule has 0 saturated heterocycles. The van der Waals surface area contributed by atoms with Gasteiger partial charge in [-0.2, -0.15) is 0 Å². The van der Waals surface area contributed by atoms with E-state index in [-0.39, 0.29) is 17.8 Å². The Kier molecular flexibility index (Phi) is 6.42. The summed E-state index contributed by atoms with van der Waals surface area (Å²) in [6.45, 7) is 3.73. The molecule has 0 aliphatic rings. The third-order valence-corrected chi connectivity index (χ3v) is 4.85. The predicted molar refractivity (Wildman–Crippen MR) is 91.6 cm³/mol. The van der Waals surface area contributed by atoms with Crippen LogP contribution in [0.25, 0.3) is 10.6 Å². The number of methoxy groups -OCH3 is 2. The second-order valence-corrected chi connectivity index (χ2v) is 6.27. The molecule has 24 heavy (non-hydrogen) atoms. The van der Waals surface area contributed by atoms with Gasteiger partial charge in [0.25, 0.3) is 5.91 Å². The number of benzene rings is 1. The first-order valence-electron chi connectivity index (χ1n) is 7.60. The fourth-order valence-corrected chi connectivity index (χ4v) is 3.32. The van der Waals surface area contributed by atoms with Crippen molar-refractivity contribution in [2.45, 2.75) is 32.6 Å². The predicted octanol–water partition coefficient (Wildman–Crippen LogP) is 3.38. The summed E-state index contributed by atoms with van der Waals surface area (Å²) in [5, 5.41) is 3.60. The van der Waals surface area contributed by atoms with Crippen molar-refractivity contribution in [3.63, 3.8) is 0 Å². The lowest BCUT2D eigenvalue weighted by Gasteiger charge is -2.24. The van der Waals surface area contributed by atoms with Crippen molar-refractivity contribution in [1.82, 2.24) is 10.3 Å². The molecule has 0 aliphatic heterocycles. The van der Waals surface area contributed by atoms with Crippen LogP contribution in [-0.2, 0) is 9.47 Å². The zero-order chi connectivity index (χ0) is 17.7. The van der Waals surface area contributed by atoms with Crippen molar-refractivity contribution in [3.05, 3.63) is 40.7 Å². The molecule has 5 nitrogen and oxygen atoms in total. The van der Waals surface area contributed by atoms with Gasteiger partial charge >= 0.3 is 0 Å². The quantitative estimate of drug-likeness (QED) is 0.776. The summed E-state index contributed by atoms with van der Waals surface area (Å²) in [5.41, 5.74) is 1.42. The highest BCUT2D eigenvalue weighted by molar-refractivity contribution is 7.17. The molecule has 0 spiro atoms. The Bertz CT molecular complexity index is 684.